The minimum Gasteiger partial charge on any atom is -0.337 e. The molecule has 3 rings (SSSR count). The van der Waals surface area contributed by atoms with Crippen molar-refractivity contribution in [3.8, 4) is 0 Å². The summed E-state index contributed by atoms with van der Waals surface area (Å²) in [6, 6.07) is 1.81. The van der Waals surface area contributed by atoms with Crippen molar-refractivity contribution in [2.45, 2.75) is 19.8 Å². The van der Waals surface area contributed by atoms with Gasteiger partial charge in [0.05, 0.1) is 0 Å². The number of carbonyl (C=O) groups is 2. The lowest BCUT2D eigenvalue weighted by Crippen LogP contribution is -2.37. The number of hydrazine groups is 1. The maximum atomic E-state index is 12.3. The van der Waals surface area contributed by atoms with Crippen LogP contribution in [0.4, 0.5) is 0 Å². The Morgan fingerprint density at radius 2 is 2.10 bits per heavy atom. The molecule has 2 heterocycles. The van der Waals surface area contributed by atoms with Crippen LogP contribution >= 0.6 is 0 Å². The first-order valence-corrected chi connectivity index (χ1v) is 6.88. The minimum atomic E-state index is -0.117. The van der Waals surface area contributed by atoms with Gasteiger partial charge in [-0.25, -0.2) is 5.84 Å². The zero-order chi connectivity index (χ0) is 14.4. The van der Waals surface area contributed by atoms with Gasteiger partial charge >= 0.3 is 0 Å². The molecule has 0 radical (unpaired) electrons. The number of rotatable bonds is 3. The van der Waals surface area contributed by atoms with Crippen LogP contribution in [-0.2, 0) is 4.79 Å². The van der Waals surface area contributed by atoms with Crippen molar-refractivity contribution < 1.29 is 9.59 Å². The van der Waals surface area contributed by atoms with E-state index >= 15 is 0 Å². The minimum absolute atomic E-state index is 0.0190. The highest BCUT2D eigenvalue weighted by molar-refractivity contribution is 5.93. The molecule has 7 nitrogen and oxygen atoms in total. The molecule has 4 N–H and O–H groups in total. The van der Waals surface area contributed by atoms with Gasteiger partial charge in [0, 0.05) is 24.7 Å². The van der Waals surface area contributed by atoms with Crippen LogP contribution in [0, 0.1) is 17.8 Å². The smallest absolute Gasteiger partial charge is 0.274 e. The molecule has 1 aromatic rings. The summed E-state index contributed by atoms with van der Waals surface area (Å²) in [7, 11) is 0. The predicted molar refractivity (Wildman–Crippen MR) is 71.4 cm³/mol. The Hall–Kier alpha value is -1.89. The highest BCUT2D eigenvalue weighted by atomic mass is 16.2. The summed E-state index contributed by atoms with van der Waals surface area (Å²) in [4.78, 5) is 25.5. The molecule has 1 saturated heterocycles. The fraction of sp³-hybridized carbons (Fsp3) is 0.615. The summed E-state index contributed by atoms with van der Waals surface area (Å²) in [5.74, 6) is 5.76. The van der Waals surface area contributed by atoms with E-state index in [2.05, 4.69) is 15.6 Å². The summed E-state index contributed by atoms with van der Waals surface area (Å²) in [5.41, 5.74) is 3.60. The van der Waals surface area contributed by atoms with Crippen molar-refractivity contribution in [1.29, 1.82) is 0 Å². The van der Waals surface area contributed by atoms with E-state index < -0.39 is 0 Å². The molecule has 0 aromatic carbocycles. The highest BCUT2D eigenvalue weighted by Crippen LogP contribution is 2.51. The zero-order valence-electron chi connectivity index (χ0n) is 11.6. The van der Waals surface area contributed by atoms with Gasteiger partial charge < -0.3 is 4.90 Å². The molecule has 0 spiro atoms. The third kappa shape index (κ3) is 1.98. The molecular formula is C13H19N5O2. The number of carbonyl (C=O) groups excluding carboxylic acids is 2. The van der Waals surface area contributed by atoms with Crippen molar-refractivity contribution >= 4 is 11.8 Å². The number of nitrogens with two attached hydrogens (primary N) is 1. The van der Waals surface area contributed by atoms with Crippen molar-refractivity contribution in [1.82, 2.24) is 20.5 Å². The number of hydrogen-bond donors (Lipinski definition) is 3. The monoisotopic (exact) mass is 277 g/mol. The average molecular weight is 277 g/mol. The van der Waals surface area contributed by atoms with Gasteiger partial charge in [-0.2, -0.15) is 5.10 Å². The second-order valence-electron chi connectivity index (χ2n) is 5.94. The van der Waals surface area contributed by atoms with Gasteiger partial charge in [0.25, 0.3) is 5.91 Å². The van der Waals surface area contributed by atoms with E-state index in [4.69, 9.17) is 5.84 Å². The van der Waals surface area contributed by atoms with E-state index in [1.165, 1.54) is 0 Å². The Balaban J connectivity index is 1.62. The van der Waals surface area contributed by atoms with E-state index in [-0.39, 0.29) is 29.6 Å². The van der Waals surface area contributed by atoms with Crippen LogP contribution in [0.15, 0.2) is 6.07 Å². The van der Waals surface area contributed by atoms with Crippen LogP contribution in [-0.4, -0.2) is 40.0 Å². The summed E-state index contributed by atoms with van der Waals surface area (Å²) < 4.78 is 0. The first kappa shape index (κ1) is 13.1. The molecule has 20 heavy (non-hydrogen) atoms. The maximum Gasteiger partial charge on any atom is 0.274 e. The Morgan fingerprint density at radius 1 is 1.45 bits per heavy atom. The number of nitrogens with one attached hydrogen (secondary N) is 2. The fourth-order valence-electron chi connectivity index (χ4n) is 3.08. The van der Waals surface area contributed by atoms with E-state index in [9.17, 15) is 9.59 Å². The number of amides is 2. The molecular weight excluding hydrogens is 258 g/mol. The maximum absolute atomic E-state index is 12.3. The van der Waals surface area contributed by atoms with Crippen molar-refractivity contribution in [3.05, 3.63) is 17.5 Å². The van der Waals surface area contributed by atoms with Gasteiger partial charge in [-0.05, 0) is 23.8 Å². The number of piperidine rings is 1. The van der Waals surface area contributed by atoms with Gasteiger partial charge in [0.15, 0.2) is 0 Å². The summed E-state index contributed by atoms with van der Waals surface area (Å²) >= 11 is 0. The first-order valence-electron chi connectivity index (χ1n) is 6.88. The lowest BCUT2D eigenvalue weighted by Gasteiger charge is -2.18. The fourth-order valence-corrected chi connectivity index (χ4v) is 3.08. The lowest BCUT2D eigenvalue weighted by atomic mass is 10.1. The second kappa shape index (κ2) is 4.59. The number of H-pyrrole nitrogens is 1. The van der Waals surface area contributed by atoms with Crippen LogP contribution in [0.3, 0.4) is 0 Å². The van der Waals surface area contributed by atoms with Gasteiger partial charge in [-0.3, -0.25) is 20.1 Å². The first-order chi connectivity index (χ1) is 9.52. The van der Waals surface area contributed by atoms with E-state index in [0.717, 1.165) is 5.69 Å². The van der Waals surface area contributed by atoms with Crippen molar-refractivity contribution in [2.24, 2.45) is 23.6 Å². The molecule has 2 fully saturated rings. The SMILES string of the molecule is CC(C)c1cc(C(=O)N2CC3C(C2)C3C(=O)NN)n[nH]1. The Morgan fingerprint density at radius 3 is 2.60 bits per heavy atom. The molecule has 108 valence electrons. The van der Waals surface area contributed by atoms with E-state index in [1.807, 2.05) is 13.8 Å². The van der Waals surface area contributed by atoms with Crippen LogP contribution in [0.5, 0.6) is 0 Å². The molecule has 1 aromatic heterocycles. The quantitative estimate of drug-likeness (QED) is 0.405. The van der Waals surface area contributed by atoms with Gasteiger partial charge in [0.2, 0.25) is 5.91 Å². The number of aromatic nitrogens is 2. The Bertz CT molecular complexity index is 541. The number of likely N-dealkylation sites (tertiary alicyclic amines) is 1. The normalized spacial score (nSPS) is 27.6. The third-order valence-corrected chi connectivity index (χ3v) is 4.37. The molecule has 1 aliphatic heterocycles. The topological polar surface area (TPSA) is 104 Å². The van der Waals surface area contributed by atoms with Gasteiger partial charge in [-0.15, -0.1) is 0 Å². The molecule has 2 amide bonds. The summed E-state index contributed by atoms with van der Waals surface area (Å²) in [6.45, 7) is 5.32. The molecule has 1 aliphatic carbocycles. The zero-order valence-corrected chi connectivity index (χ0v) is 11.6. The van der Waals surface area contributed by atoms with Crippen LogP contribution in [0.25, 0.3) is 0 Å². The lowest BCUT2D eigenvalue weighted by molar-refractivity contribution is -0.123. The van der Waals surface area contributed by atoms with Crippen molar-refractivity contribution in [2.75, 3.05) is 13.1 Å². The highest BCUT2D eigenvalue weighted by Gasteiger charge is 2.60. The third-order valence-electron chi connectivity index (χ3n) is 4.37. The standard InChI is InChI=1S/C13H19N5O2/c1-6(2)9-3-10(17-16-9)13(20)18-4-7-8(5-18)11(7)12(19)15-14/h3,6-8,11H,4-5,14H2,1-2H3,(H,15,19)(H,16,17). The number of nitrogens with zero attached hydrogens (tertiary/aromatic N) is 2. The van der Waals surface area contributed by atoms with Crippen LogP contribution < -0.4 is 11.3 Å². The average Bonchev–Trinajstić information content (AvgIpc) is 2.88. The summed E-state index contributed by atoms with van der Waals surface area (Å²) in [6.07, 6.45) is 0. The summed E-state index contributed by atoms with van der Waals surface area (Å²) in [5, 5.41) is 6.97. The predicted octanol–water partition coefficient (Wildman–Crippen LogP) is -0.159. The molecule has 2 atom stereocenters. The van der Waals surface area contributed by atoms with Gasteiger partial charge in [-0.1, -0.05) is 13.8 Å². The van der Waals surface area contributed by atoms with E-state index in [0.29, 0.717) is 24.7 Å². The number of hydrogen-bond acceptors (Lipinski definition) is 4. The number of fused-ring (bicyclic) bond motifs is 1. The van der Waals surface area contributed by atoms with Crippen LogP contribution in [0.2, 0.25) is 0 Å². The second-order valence-corrected chi connectivity index (χ2v) is 5.94. The molecule has 2 unspecified atom stereocenters. The van der Waals surface area contributed by atoms with Gasteiger partial charge in [0.1, 0.15) is 5.69 Å². The Kier molecular flexibility index (Phi) is 3.01. The molecule has 0 bridgehead atoms. The van der Waals surface area contributed by atoms with E-state index in [1.54, 1.807) is 11.0 Å². The Labute approximate surface area is 116 Å². The van der Waals surface area contributed by atoms with Crippen molar-refractivity contribution in [3.63, 3.8) is 0 Å². The number of aromatic amines is 1. The van der Waals surface area contributed by atoms with Crippen LogP contribution in [0.1, 0.15) is 35.9 Å². The molecule has 1 saturated carbocycles. The molecule has 7 heteroatoms. The molecule has 2 aliphatic rings. The largest absolute Gasteiger partial charge is 0.337 e.